The number of aromatic hydroxyl groups is 1. The number of ether oxygens (including phenoxy) is 1. The molecule has 0 saturated carbocycles. The number of aliphatic hydroxyl groups is 1. The molecule has 0 amide bonds. The number of benzene rings is 2. The van der Waals surface area contributed by atoms with Crippen LogP contribution in [-0.2, 0) is 6.42 Å². The van der Waals surface area contributed by atoms with Gasteiger partial charge in [0.25, 0.3) is 0 Å². The van der Waals surface area contributed by atoms with Gasteiger partial charge in [-0.1, -0.05) is 0 Å². The molecule has 114 valence electrons. The molecule has 1 aromatic heterocycles. The largest absolute Gasteiger partial charge is 0.508 e. The fourth-order valence-corrected chi connectivity index (χ4v) is 2.66. The SMILES string of the molecule is COc1cc(CCO)cc2c(C)c(-c3ccc(O)cc3)oc12. The molecule has 2 N–H and O–H groups in total. The molecule has 0 aliphatic heterocycles. The smallest absolute Gasteiger partial charge is 0.176 e. The first-order valence-corrected chi connectivity index (χ1v) is 7.14. The molecular weight excluding hydrogens is 280 g/mol. The predicted molar refractivity (Wildman–Crippen MR) is 85.4 cm³/mol. The van der Waals surface area contributed by atoms with E-state index in [1.807, 2.05) is 31.2 Å². The van der Waals surface area contributed by atoms with Gasteiger partial charge in [-0.15, -0.1) is 0 Å². The van der Waals surface area contributed by atoms with Gasteiger partial charge in [0, 0.05) is 23.1 Å². The maximum absolute atomic E-state index is 9.42. The van der Waals surface area contributed by atoms with E-state index in [4.69, 9.17) is 14.3 Å². The van der Waals surface area contributed by atoms with Gasteiger partial charge in [0.05, 0.1) is 7.11 Å². The van der Waals surface area contributed by atoms with Crippen molar-refractivity contribution in [2.75, 3.05) is 13.7 Å². The van der Waals surface area contributed by atoms with Gasteiger partial charge in [-0.25, -0.2) is 0 Å². The van der Waals surface area contributed by atoms with E-state index in [1.165, 1.54) is 0 Å². The Kier molecular flexibility index (Phi) is 3.77. The van der Waals surface area contributed by atoms with Crippen LogP contribution >= 0.6 is 0 Å². The van der Waals surface area contributed by atoms with Crippen LogP contribution in [0.5, 0.6) is 11.5 Å². The summed E-state index contributed by atoms with van der Waals surface area (Å²) < 4.78 is 11.4. The van der Waals surface area contributed by atoms with Crippen LogP contribution in [0.25, 0.3) is 22.3 Å². The van der Waals surface area contributed by atoms with E-state index in [-0.39, 0.29) is 12.4 Å². The number of furan rings is 1. The number of fused-ring (bicyclic) bond motifs is 1. The zero-order chi connectivity index (χ0) is 15.7. The Labute approximate surface area is 128 Å². The third-order valence-corrected chi connectivity index (χ3v) is 3.81. The normalized spacial score (nSPS) is 11.0. The highest BCUT2D eigenvalue weighted by Crippen LogP contribution is 2.38. The van der Waals surface area contributed by atoms with Gasteiger partial charge < -0.3 is 19.4 Å². The van der Waals surface area contributed by atoms with Crippen LogP contribution in [-0.4, -0.2) is 23.9 Å². The summed E-state index contributed by atoms with van der Waals surface area (Å²) in [5.74, 6) is 1.64. The molecule has 0 bridgehead atoms. The standard InChI is InChI=1S/C18H18O4/c1-11-15-9-12(7-8-19)10-16(21-2)18(15)22-17(11)13-3-5-14(20)6-4-13/h3-6,9-10,19-20H,7-8H2,1-2H3. The highest BCUT2D eigenvalue weighted by atomic mass is 16.5. The van der Waals surface area contributed by atoms with Crippen LogP contribution in [0.1, 0.15) is 11.1 Å². The van der Waals surface area contributed by atoms with Crippen LogP contribution < -0.4 is 4.74 Å². The van der Waals surface area contributed by atoms with Gasteiger partial charge in [0.15, 0.2) is 11.3 Å². The molecule has 2 aromatic carbocycles. The van der Waals surface area contributed by atoms with Crippen LogP contribution in [0, 0.1) is 6.92 Å². The van der Waals surface area contributed by atoms with E-state index in [0.717, 1.165) is 27.8 Å². The topological polar surface area (TPSA) is 62.8 Å². The molecule has 0 aliphatic carbocycles. The molecule has 0 radical (unpaired) electrons. The lowest BCUT2D eigenvalue weighted by molar-refractivity contribution is 0.299. The molecule has 4 nitrogen and oxygen atoms in total. The molecule has 0 fully saturated rings. The summed E-state index contributed by atoms with van der Waals surface area (Å²) in [5, 5.41) is 19.5. The molecule has 0 saturated heterocycles. The van der Waals surface area contributed by atoms with E-state index in [9.17, 15) is 5.11 Å². The predicted octanol–water partition coefficient (Wildman–Crippen LogP) is 3.66. The van der Waals surface area contributed by atoms with Crippen molar-refractivity contribution in [1.82, 2.24) is 0 Å². The third-order valence-electron chi connectivity index (χ3n) is 3.81. The van der Waals surface area contributed by atoms with E-state index >= 15 is 0 Å². The van der Waals surface area contributed by atoms with Crippen molar-refractivity contribution in [2.24, 2.45) is 0 Å². The van der Waals surface area contributed by atoms with E-state index in [2.05, 4.69) is 0 Å². The van der Waals surface area contributed by atoms with Crippen LogP contribution in [0.2, 0.25) is 0 Å². The van der Waals surface area contributed by atoms with Gasteiger partial charge in [0.1, 0.15) is 11.5 Å². The number of aryl methyl sites for hydroxylation is 1. The number of methoxy groups -OCH3 is 1. The lowest BCUT2D eigenvalue weighted by Gasteiger charge is -2.04. The Morgan fingerprint density at radius 3 is 2.50 bits per heavy atom. The van der Waals surface area contributed by atoms with Crippen molar-refractivity contribution < 1.29 is 19.4 Å². The van der Waals surface area contributed by atoms with E-state index < -0.39 is 0 Å². The maximum Gasteiger partial charge on any atom is 0.176 e. The van der Waals surface area contributed by atoms with Crippen molar-refractivity contribution in [3.8, 4) is 22.8 Å². The second kappa shape index (κ2) is 5.73. The molecular formula is C18H18O4. The summed E-state index contributed by atoms with van der Waals surface area (Å²) in [4.78, 5) is 0. The minimum atomic E-state index is 0.0936. The molecule has 1 heterocycles. The van der Waals surface area contributed by atoms with Crippen LogP contribution in [0.4, 0.5) is 0 Å². The van der Waals surface area contributed by atoms with Gasteiger partial charge in [-0.3, -0.25) is 0 Å². The second-order valence-corrected chi connectivity index (χ2v) is 5.25. The van der Waals surface area contributed by atoms with Crippen molar-refractivity contribution >= 4 is 11.0 Å². The average Bonchev–Trinajstić information content (AvgIpc) is 2.85. The number of hydrogen-bond donors (Lipinski definition) is 2. The molecule has 3 aromatic rings. The number of phenolic OH excluding ortho intramolecular Hbond substituents is 1. The highest BCUT2D eigenvalue weighted by molar-refractivity contribution is 5.92. The molecule has 0 atom stereocenters. The summed E-state index contributed by atoms with van der Waals surface area (Å²) in [5.41, 5.74) is 3.62. The van der Waals surface area contributed by atoms with Crippen molar-refractivity contribution in [2.45, 2.75) is 13.3 Å². The van der Waals surface area contributed by atoms with Crippen molar-refractivity contribution in [3.63, 3.8) is 0 Å². The van der Waals surface area contributed by atoms with Gasteiger partial charge >= 0.3 is 0 Å². The highest BCUT2D eigenvalue weighted by Gasteiger charge is 2.17. The van der Waals surface area contributed by atoms with Gasteiger partial charge in [-0.2, -0.15) is 0 Å². The molecule has 0 aliphatic rings. The minimum Gasteiger partial charge on any atom is -0.508 e. The monoisotopic (exact) mass is 298 g/mol. The Morgan fingerprint density at radius 2 is 1.86 bits per heavy atom. The Bertz CT molecular complexity index is 800. The zero-order valence-electron chi connectivity index (χ0n) is 12.6. The first-order valence-electron chi connectivity index (χ1n) is 7.14. The zero-order valence-corrected chi connectivity index (χ0v) is 12.6. The van der Waals surface area contributed by atoms with E-state index in [1.54, 1.807) is 19.2 Å². The fourth-order valence-electron chi connectivity index (χ4n) is 2.66. The number of hydrogen-bond acceptors (Lipinski definition) is 4. The Balaban J connectivity index is 2.21. The van der Waals surface area contributed by atoms with Crippen molar-refractivity contribution in [3.05, 3.63) is 47.5 Å². The maximum atomic E-state index is 9.42. The summed E-state index contributed by atoms with van der Waals surface area (Å²) in [6.45, 7) is 2.09. The summed E-state index contributed by atoms with van der Waals surface area (Å²) >= 11 is 0. The number of phenols is 1. The van der Waals surface area contributed by atoms with Crippen LogP contribution in [0.3, 0.4) is 0 Å². The second-order valence-electron chi connectivity index (χ2n) is 5.25. The van der Waals surface area contributed by atoms with Crippen molar-refractivity contribution in [1.29, 1.82) is 0 Å². The molecule has 0 spiro atoms. The summed E-state index contributed by atoms with van der Waals surface area (Å²) in [6.07, 6.45) is 0.575. The lowest BCUT2D eigenvalue weighted by atomic mass is 10.0. The first-order chi connectivity index (χ1) is 10.6. The lowest BCUT2D eigenvalue weighted by Crippen LogP contribution is -1.92. The quantitative estimate of drug-likeness (QED) is 0.771. The van der Waals surface area contributed by atoms with E-state index in [0.29, 0.717) is 17.8 Å². The average molecular weight is 298 g/mol. The molecule has 22 heavy (non-hydrogen) atoms. The van der Waals surface area contributed by atoms with Gasteiger partial charge in [-0.05, 0) is 55.3 Å². The summed E-state index contributed by atoms with van der Waals surface area (Å²) in [7, 11) is 1.61. The minimum absolute atomic E-state index is 0.0936. The summed E-state index contributed by atoms with van der Waals surface area (Å²) in [6, 6.07) is 10.8. The molecule has 4 heteroatoms. The fraction of sp³-hybridized carbons (Fsp3) is 0.222. The van der Waals surface area contributed by atoms with Crippen LogP contribution in [0.15, 0.2) is 40.8 Å². The Hall–Kier alpha value is -2.46. The first kappa shape index (κ1) is 14.5. The molecule has 3 rings (SSSR count). The van der Waals surface area contributed by atoms with Gasteiger partial charge in [0.2, 0.25) is 0 Å². The Morgan fingerprint density at radius 1 is 1.14 bits per heavy atom. The third kappa shape index (κ3) is 2.42. The molecule has 0 unspecified atom stereocenters. The number of aliphatic hydroxyl groups excluding tert-OH is 1. The number of rotatable bonds is 4.